The van der Waals surface area contributed by atoms with Gasteiger partial charge in [-0.05, 0) is 98.5 Å². The lowest BCUT2D eigenvalue weighted by Crippen LogP contribution is -2.59. The van der Waals surface area contributed by atoms with E-state index in [-0.39, 0.29) is 0 Å². The number of ether oxygens (including phenoxy) is 2. The first kappa shape index (κ1) is 20.1. The summed E-state index contributed by atoms with van der Waals surface area (Å²) >= 11 is 5.89. The fourth-order valence-electron chi connectivity index (χ4n) is 7.54. The molecular formula is C25H35N3O2S. The van der Waals surface area contributed by atoms with E-state index in [2.05, 4.69) is 34.2 Å². The molecule has 7 rings (SSSR count). The van der Waals surface area contributed by atoms with Crippen molar-refractivity contribution in [3.8, 4) is 11.5 Å². The van der Waals surface area contributed by atoms with Gasteiger partial charge < -0.3 is 19.7 Å². The number of fused-ring (bicyclic) bond motifs is 1. The topological polar surface area (TPSA) is 37.0 Å². The lowest BCUT2D eigenvalue weighted by Gasteiger charge is -2.59. The molecule has 0 amide bonds. The van der Waals surface area contributed by atoms with Gasteiger partial charge in [0.15, 0.2) is 16.6 Å². The molecule has 1 aromatic carbocycles. The van der Waals surface area contributed by atoms with E-state index < -0.39 is 0 Å². The van der Waals surface area contributed by atoms with Crippen LogP contribution in [0.25, 0.3) is 0 Å². The Morgan fingerprint density at radius 1 is 1.03 bits per heavy atom. The van der Waals surface area contributed by atoms with E-state index in [1.54, 1.807) is 0 Å². The Kier molecular flexibility index (Phi) is 5.06. The molecule has 5 fully saturated rings. The highest BCUT2D eigenvalue weighted by atomic mass is 32.1. The Morgan fingerprint density at radius 2 is 1.68 bits per heavy atom. The minimum absolute atomic E-state index is 0.337. The van der Waals surface area contributed by atoms with Crippen LogP contribution in [0.1, 0.15) is 51.0 Å². The van der Waals surface area contributed by atoms with Crippen molar-refractivity contribution in [2.75, 3.05) is 33.0 Å². The molecule has 4 saturated carbocycles. The van der Waals surface area contributed by atoms with Crippen molar-refractivity contribution in [1.29, 1.82) is 0 Å². The highest BCUT2D eigenvalue weighted by Gasteiger charge is 2.53. The molecule has 6 heteroatoms. The number of hydrogen-bond donors (Lipinski definition) is 1. The van der Waals surface area contributed by atoms with E-state index in [0.29, 0.717) is 18.2 Å². The molecule has 5 nitrogen and oxygen atoms in total. The molecule has 31 heavy (non-hydrogen) atoms. The predicted molar refractivity (Wildman–Crippen MR) is 125 cm³/mol. The average molecular weight is 442 g/mol. The van der Waals surface area contributed by atoms with Gasteiger partial charge in [-0.3, -0.25) is 4.90 Å². The minimum Gasteiger partial charge on any atom is -0.454 e. The van der Waals surface area contributed by atoms with Gasteiger partial charge in [-0.25, -0.2) is 0 Å². The maximum atomic E-state index is 5.89. The highest BCUT2D eigenvalue weighted by molar-refractivity contribution is 7.80. The van der Waals surface area contributed by atoms with Crippen molar-refractivity contribution in [1.82, 2.24) is 15.1 Å². The standard InChI is InChI=1S/C25H35N3O2S/c1-17(25-12-19-8-20(13-25)10-21(9-19)14-25)26-24(31)28-6-4-27(5-7-28)15-18-2-3-22-23(11-18)30-16-29-22/h2-3,11,17,19-21H,4-10,12-16H2,1H3,(H,26,31). The zero-order chi connectivity index (χ0) is 21.0. The molecule has 4 bridgehead atoms. The molecule has 1 atom stereocenters. The zero-order valence-electron chi connectivity index (χ0n) is 18.6. The summed E-state index contributed by atoms with van der Waals surface area (Å²) in [4.78, 5) is 4.90. The van der Waals surface area contributed by atoms with Gasteiger partial charge in [0.25, 0.3) is 0 Å². The second-order valence-electron chi connectivity index (χ2n) is 10.9. The van der Waals surface area contributed by atoms with Gasteiger partial charge >= 0.3 is 0 Å². The summed E-state index contributed by atoms with van der Waals surface area (Å²) in [6, 6.07) is 6.80. The van der Waals surface area contributed by atoms with Crippen LogP contribution < -0.4 is 14.8 Å². The summed E-state index contributed by atoms with van der Waals surface area (Å²) in [7, 11) is 0. The third kappa shape index (κ3) is 3.80. The molecule has 0 radical (unpaired) electrons. The Labute approximate surface area is 191 Å². The zero-order valence-corrected chi connectivity index (χ0v) is 19.5. The van der Waals surface area contributed by atoms with Crippen LogP contribution in [0.15, 0.2) is 18.2 Å². The Hall–Kier alpha value is -1.53. The van der Waals surface area contributed by atoms with Crippen LogP contribution in [0.3, 0.4) is 0 Å². The summed E-state index contributed by atoms with van der Waals surface area (Å²) in [5.74, 6) is 4.70. The first-order chi connectivity index (χ1) is 15.1. The number of rotatable bonds is 4. The first-order valence-corrected chi connectivity index (χ1v) is 12.6. The van der Waals surface area contributed by atoms with Gasteiger partial charge in [-0.2, -0.15) is 0 Å². The third-order valence-corrected chi connectivity index (χ3v) is 9.22. The Bertz CT molecular complexity index is 816. The number of piperazine rings is 1. The fraction of sp³-hybridized carbons (Fsp3) is 0.720. The second-order valence-corrected chi connectivity index (χ2v) is 11.3. The molecule has 4 aliphatic carbocycles. The third-order valence-electron chi connectivity index (χ3n) is 8.85. The SMILES string of the molecule is CC(NC(=S)N1CCN(Cc2ccc3c(c2)OCO3)CC1)C12CC3CC(CC(C3)C1)C2. The molecular weight excluding hydrogens is 406 g/mol. The first-order valence-electron chi connectivity index (χ1n) is 12.2. The molecule has 1 aromatic rings. The Balaban J connectivity index is 1.02. The van der Waals surface area contributed by atoms with E-state index in [0.717, 1.165) is 67.1 Å². The molecule has 1 unspecified atom stereocenters. The van der Waals surface area contributed by atoms with Crippen molar-refractivity contribution in [3.05, 3.63) is 23.8 Å². The lowest BCUT2D eigenvalue weighted by molar-refractivity contribution is -0.0676. The van der Waals surface area contributed by atoms with E-state index in [9.17, 15) is 0 Å². The summed E-state index contributed by atoms with van der Waals surface area (Å²) in [5.41, 5.74) is 1.79. The number of thiocarbonyl (C=S) groups is 1. The second kappa shape index (κ2) is 7.80. The van der Waals surface area contributed by atoms with Crippen molar-refractivity contribution in [2.45, 2.75) is 58.0 Å². The van der Waals surface area contributed by atoms with Crippen LogP contribution in [-0.2, 0) is 6.54 Å². The van der Waals surface area contributed by atoms with E-state index in [1.165, 1.54) is 44.1 Å². The maximum Gasteiger partial charge on any atom is 0.231 e. The number of nitrogens with zero attached hydrogens (tertiary/aromatic N) is 2. The normalized spacial score (nSPS) is 34.7. The summed E-state index contributed by atoms with van der Waals surface area (Å²) in [5, 5.41) is 4.79. The van der Waals surface area contributed by atoms with Gasteiger partial charge in [0, 0.05) is 38.8 Å². The van der Waals surface area contributed by atoms with Crippen LogP contribution in [0, 0.1) is 23.2 Å². The van der Waals surface area contributed by atoms with Crippen molar-refractivity contribution >= 4 is 17.3 Å². The summed E-state index contributed by atoms with van der Waals surface area (Å²) in [6.07, 6.45) is 8.79. The van der Waals surface area contributed by atoms with Crippen LogP contribution in [0.5, 0.6) is 11.5 Å². The van der Waals surface area contributed by atoms with Gasteiger partial charge in [0.1, 0.15) is 0 Å². The molecule has 1 saturated heterocycles. The maximum absolute atomic E-state index is 5.89. The smallest absolute Gasteiger partial charge is 0.231 e. The van der Waals surface area contributed by atoms with Crippen LogP contribution in [0.2, 0.25) is 0 Å². The molecule has 2 heterocycles. The molecule has 1 N–H and O–H groups in total. The monoisotopic (exact) mass is 441 g/mol. The largest absolute Gasteiger partial charge is 0.454 e. The van der Waals surface area contributed by atoms with Crippen molar-refractivity contribution < 1.29 is 9.47 Å². The highest BCUT2D eigenvalue weighted by Crippen LogP contribution is 2.61. The average Bonchev–Trinajstić information content (AvgIpc) is 3.21. The molecule has 168 valence electrons. The summed E-state index contributed by atoms with van der Waals surface area (Å²) < 4.78 is 11.0. The van der Waals surface area contributed by atoms with E-state index in [4.69, 9.17) is 21.7 Å². The predicted octanol–water partition coefficient (Wildman–Crippen LogP) is 4.01. The van der Waals surface area contributed by atoms with Crippen molar-refractivity contribution in [3.63, 3.8) is 0 Å². The van der Waals surface area contributed by atoms with E-state index in [1.807, 2.05) is 6.07 Å². The van der Waals surface area contributed by atoms with Gasteiger partial charge in [0.05, 0.1) is 0 Å². The fourth-order valence-corrected chi connectivity index (χ4v) is 7.90. The van der Waals surface area contributed by atoms with Gasteiger partial charge in [0.2, 0.25) is 6.79 Å². The lowest BCUT2D eigenvalue weighted by atomic mass is 9.48. The number of benzene rings is 1. The number of nitrogens with one attached hydrogen (secondary N) is 1. The number of hydrogen-bond acceptors (Lipinski definition) is 4. The molecule has 0 aromatic heterocycles. The quantitative estimate of drug-likeness (QED) is 0.712. The summed E-state index contributed by atoms with van der Waals surface area (Å²) in [6.45, 7) is 7.80. The molecule has 2 aliphatic heterocycles. The minimum atomic E-state index is 0.337. The van der Waals surface area contributed by atoms with Crippen LogP contribution >= 0.6 is 12.2 Å². The Morgan fingerprint density at radius 3 is 2.35 bits per heavy atom. The van der Waals surface area contributed by atoms with Crippen LogP contribution in [-0.4, -0.2) is 53.9 Å². The van der Waals surface area contributed by atoms with Gasteiger partial charge in [-0.15, -0.1) is 0 Å². The molecule has 6 aliphatic rings. The van der Waals surface area contributed by atoms with Crippen molar-refractivity contribution in [2.24, 2.45) is 23.2 Å². The van der Waals surface area contributed by atoms with E-state index >= 15 is 0 Å². The van der Waals surface area contributed by atoms with Crippen LogP contribution in [0.4, 0.5) is 0 Å². The molecule has 0 spiro atoms. The van der Waals surface area contributed by atoms with Gasteiger partial charge in [-0.1, -0.05) is 6.07 Å².